The fourth-order valence-electron chi connectivity index (χ4n) is 1.53. The molecule has 0 N–H and O–H groups in total. The molecule has 0 unspecified atom stereocenters. The van der Waals surface area contributed by atoms with E-state index in [-0.39, 0.29) is 0 Å². The van der Waals surface area contributed by atoms with Crippen LogP contribution in [0.2, 0.25) is 0 Å². The normalized spacial score (nSPS) is 17.1. The summed E-state index contributed by atoms with van der Waals surface area (Å²) >= 11 is 1.81. The molecule has 2 aromatic heterocycles. The van der Waals surface area contributed by atoms with Gasteiger partial charge in [0.1, 0.15) is 0 Å². The molecule has 1 aliphatic carbocycles. The largest absolute Gasteiger partial charge is 0.236 e. The average molecular weight is 205 g/mol. The summed E-state index contributed by atoms with van der Waals surface area (Å²) in [7, 11) is 0. The topological polar surface area (TPSA) is 30.7 Å². The summed E-state index contributed by atoms with van der Waals surface area (Å²) in [5, 5.41) is 6.21. The fourth-order valence-corrected chi connectivity index (χ4v) is 2.71. The number of nitrogens with zero attached hydrogens (tertiary/aromatic N) is 3. The first-order valence-electron chi connectivity index (χ1n) is 4.89. The number of rotatable bonds is 2. The molecule has 3 rings (SSSR count). The van der Waals surface area contributed by atoms with E-state index in [4.69, 9.17) is 0 Å². The average Bonchev–Trinajstić information content (AvgIpc) is 2.55. The van der Waals surface area contributed by atoms with Crippen LogP contribution in [0.1, 0.15) is 19.3 Å². The maximum absolute atomic E-state index is 4.33. The standard InChI is InChI=1S/C10H11N3S/c1-4-9(5-1)14-13-10-8(7-12-13)3-2-6-11-10/h2-3,6-7,9H,1,4-5H2. The van der Waals surface area contributed by atoms with Crippen LogP contribution < -0.4 is 0 Å². The molecule has 0 atom stereocenters. The first kappa shape index (κ1) is 8.29. The van der Waals surface area contributed by atoms with Crippen molar-refractivity contribution in [1.29, 1.82) is 0 Å². The lowest BCUT2D eigenvalue weighted by Gasteiger charge is -2.23. The van der Waals surface area contributed by atoms with E-state index in [1.165, 1.54) is 19.3 Å². The molecule has 0 amide bonds. The van der Waals surface area contributed by atoms with Gasteiger partial charge in [-0.15, -0.1) is 0 Å². The first-order valence-corrected chi connectivity index (χ1v) is 5.73. The number of hydrogen-bond acceptors (Lipinski definition) is 3. The summed E-state index contributed by atoms with van der Waals surface area (Å²) in [6.45, 7) is 0. The highest BCUT2D eigenvalue weighted by Crippen LogP contribution is 2.32. The van der Waals surface area contributed by atoms with Gasteiger partial charge in [0.15, 0.2) is 5.65 Å². The van der Waals surface area contributed by atoms with Gasteiger partial charge in [0.05, 0.1) is 6.20 Å². The van der Waals surface area contributed by atoms with Gasteiger partial charge in [-0.2, -0.15) is 9.19 Å². The molecule has 0 saturated heterocycles. The molecule has 0 bridgehead atoms. The van der Waals surface area contributed by atoms with Crippen LogP contribution in [0.3, 0.4) is 0 Å². The summed E-state index contributed by atoms with van der Waals surface area (Å²) in [5.41, 5.74) is 0.990. The van der Waals surface area contributed by atoms with Crippen molar-refractivity contribution in [2.45, 2.75) is 24.5 Å². The van der Waals surface area contributed by atoms with Crippen molar-refractivity contribution in [3.05, 3.63) is 24.5 Å². The van der Waals surface area contributed by atoms with E-state index >= 15 is 0 Å². The molecule has 4 heteroatoms. The van der Waals surface area contributed by atoms with Gasteiger partial charge in [-0.25, -0.2) is 4.98 Å². The predicted molar refractivity (Wildman–Crippen MR) is 58.2 cm³/mol. The number of aromatic nitrogens is 3. The van der Waals surface area contributed by atoms with Gasteiger partial charge in [0.2, 0.25) is 0 Å². The minimum atomic E-state index is 0.750. The Morgan fingerprint density at radius 2 is 2.36 bits per heavy atom. The second kappa shape index (κ2) is 3.28. The molecule has 72 valence electrons. The Bertz CT molecular complexity index is 447. The highest BCUT2D eigenvalue weighted by molar-refractivity contribution is 7.98. The third-order valence-corrected chi connectivity index (χ3v) is 3.84. The zero-order chi connectivity index (χ0) is 9.38. The summed E-state index contributed by atoms with van der Waals surface area (Å²) in [5.74, 6) is 0. The van der Waals surface area contributed by atoms with Crippen LogP contribution in [0.5, 0.6) is 0 Å². The maximum atomic E-state index is 4.33. The molecule has 2 aromatic rings. The Kier molecular flexibility index (Phi) is 1.94. The lowest BCUT2D eigenvalue weighted by Crippen LogP contribution is -2.15. The molecule has 2 heterocycles. The third-order valence-electron chi connectivity index (χ3n) is 2.60. The van der Waals surface area contributed by atoms with Crippen molar-refractivity contribution in [2.75, 3.05) is 0 Å². The van der Waals surface area contributed by atoms with E-state index in [2.05, 4.69) is 10.1 Å². The Labute approximate surface area is 86.7 Å². The van der Waals surface area contributed by atoms with Crippen LogP contribution in [0.25, 0.3) is 11.0 Å². The van der Waals surface area contributed by atoms with Crippen LogP contribution in [0.15, 0.2) is 24.5 Å². The molecule has 1 aliphatic rings. The van der Waals surface area contributed by atoms with E-state index in [9.17, 15) is 0 Å². The zero-order valence-electron chi connectivity index (χ0n) is 7.76. The molecule has 1 fully saturated rings. The van der Waals surface area contributed by atoms with Gasteiger partial charge in [-0.05, 0) is 36.9 Å². The van der Waals surface area contributed by atoms with Crippen LogP contribution >= 0.6 is 11.9 Å². The fraction of sp³-hybridized carbons (Fsp3) is 0.400. The molecule has 0 radical (unpaired) electrons. The molecule has 0 spiro atoms. The van der Waals surface area contributed by atoms with Crippen LogP contribution in [-0.2, 0) is 0 Å². The van der Waals surface area contributed by atoms with E-state index in [0.717, 1.165) is 16.3 Å². The van der Waals surface area contributed by atoms with Gasteiger partial charge in [-0.1, -0.05) is 6.42 Å². The number of pyridine rings is 1. The highest BCUT2D eigenvalue weighted by Gasteiger charge is 2.20. The van der Waals surface area contributed by atoms with Gasteiger partial charge < -0.3 is 0 Å². The summed E-state index contributed by atoms with van der Waals surface area (Å²) in [4.78, 5) is 4.33. The molecular weight excluding hydrogens is 194 g/mol. The van der Waals surface area contributed by atoms with Crippen molar-refractivity contribution in [3.8, 4) is 0 Å². The van der Waals surface area contributed by atoms with E-state index in [1.807, 2.05) is 40.6 Å². The van der Waals surface area contributed by atoms with Crippen molar-refractivity contribution in [2.24, 2.45) is 0 Å². The highest BCUT2D eigenvalue weighted by atomic mass is 32.2. The minimum Gasteiger partial charge on any atom is -0.236 e. The third kappa shape index (κ3) is 1.30. The lowest BCUT2D eigenvalue weighted by molar-refractivity contribution is 0.520. The van der Waals surface area contributed by atoms with Gasteiger partial charge >= 0.3 is 0 Å². The van der Waals surface area contributed by atoms with Gasteiger partial charge in [-0.3, -0.25) is 0 Å². The van der Waals surface area contributed by atoms with Crippen LogP contribution in [0.4, 0.5) is 0 Å². The summed E-state index contributed by atoms with van der Waals surface area (Å²) < 4.78 is 1.96. The number of hydrogen-bond donors (Lipinski definition) is 0. The zero-order valence-corrected chi connectivity index (χ0v) is 8.57. The molecule has 3 nitrogen and oxygen atoms in total. The Morgan fingerprint density at radius 3 is 3.14 bits per heavy atom. The second-order valence-electron chi connectivity index (χ2n) is 3.59. The van der Waals surface area contributed by atoms with Crippen LogP contribution in [0, 0.1) is 0 Å². The monoisotopic (exact) mass is 205 g/mol. The summed E-state index contributed by atoms with van der Waals surface area (Å²) in [6.07, 6.45) is 7.71. The van der Waals surface area contributed by atoms with Crippen LogP contribution in [-0.4, -0.2) is 19.4 Å². The van der Waals surface area contributed by atoms with E-state index in [1.54, 1.807) is 0 Å². The maximum Gasteiger partial charge on any atom is 0.169 e. The molecular formula is C10H11N3S. The summed E-state index contributed by atoms with van der Waals surface area (Å²) in [6, 6.07) is 4.00. The van der Waals surface area contributed by atoms with Gasteiger partial charge in [0.25, 0.3) is 0 Å². The SMILES string of the molecule is c1cnc2c(c1)cnn2SC1CCC1. The van der Waals surface area contributed by atoms with Crippen molar-refractivity contribution in [3.63, 3.8) is 0 Å². The van der Waals surface area contributed by atoms with Crippen molar-refractivity contribution >= 4 is 23.0 Å². The Balaban J connectivity index is 1.95. The van der Waals surface area contributed by atoms with Crippen molar-refractivity contribution in [1.82, 2.24) is 14.2 Å². The van der Waals surface area contributed by atoms with E-state index in [0.29, 0.717) is 0 Å². The number of fused-ring (bicyclic) bond motifs is 1. The lowest BCUT2D eigenvalue weighted by atomic mass is 10.0. The quantitative estimate of drug-likeness (QED) is 0.754. The Morgan fingerprint density at radius 1 is 1.43 bits per heavy atom. The van der Waals surface area contributed by atoms with Gasteiger partial charge in [0, 0.05) is 16.8 Å². The second-order valence-corrected chi connectivity index (χ2v) is 4.82. The molecule has 14 heavy (non-hydrogen) atoms. The molecule has 0 aromatic carbocycles. The first-order chi connectivity index (χ1) is 6.93. The predicted octanol–water partition coefficient (Wildman–Crippen LogP) is 2.48. The smallest absolute Gasteiger partial charge is 0.169 e. The molecule has 1 saturated carbocycles. The Hall–Kier alpha value is -1.03. The minimum absolute atomic E-state index is 0.750. The van der Waals surface area contributed by atoms with Crippen molar-refractivity contribution < 1.29 is 0 Å². The van der Waals surface area contributed by atoms with E-state index < -0.39 is 0 Å². The molecule has 0 aliphatic heterocycles.